The lowest BCUT2D eigenvalue weighted by molar-refractivity contribution is -0.122. The van der Waals surface area contributed by atoms with Gasteiger partial charge in [0.05, 0.1) is 23.1 Å². The van der Waals surface area contributed by atoms with Crippen molar-refractivity contribution in [1.29, 1.82) is 0 Å². The number of morpholine rings is 1. The molecule has 2 aromatic rings. The largest absolute Gasteiger partial charge is 0.479 e. The number of amides is 1. The predicted molar refractivity (Wildman–Crippen MR) is 111 cm³/mol. The summed E-state index contributed by atoms with van der Waals surface area (Å²) in [6.45, 7) is 2.98. The molecule has 1 atom stereocenters. The number of ether oxygens (including phenoxy) is 2. The lowest BCUT2D eigenvalue weighted by Gasteiger charge is -2.26. The Morgan fingerprint density at radius 1 is 1.14 bits per heavy atom. The van der Waals surface area contributed by atoms with Crippen LogP contribution in [-0.2, 0) is 19.6 Å². The number of nitrogens with one attached hydrogen (secondary N) is 1. The van der Waals surface area contributed by atoms with E-state index in [2.05, 4.69) is 5.32 Å². The van der Waals surface area contributed by atoms with Gasteiger partial charge >= 0.3 is 0 Å². The Hall–Kier alpha value is -1.84. The van der Waals surface area contributed by atoms with E-state index in [1.54, 1.807) is 19.1 Å². The van der Waals surface area contributed by atoms with Crippen LogP contribution in [0.4, 0.5) is 5.69 Å². The van der Waals surface area contributed by atoms with Crippen LogP contribution in [0.25, 0.3) is 0 Å². The molecular formula is C19H20Cl2N2O5S. The molecule has 0 aromatic heterocycles. The Morgan fingerprint density at radius 3 is 2.41 bits per heavy atom. The molecule has 3 rings (SSSR count). The van der Waals surface area contributed by atoms with E-state index < -0.39 is 22.0 Å². The Bertz CT molecular complexity index is 977. The average Bonchev–Trinajstić information content (AvgIpc) is 2.71. The fraction of sp³-hybridized carbons (Fsp3) is 0.316. The van der Waals surface area contributed by atoms with E-state index in [0.29, 0.717) is 47.8 Å². The van der Waals surface area contributed by atoms with Crippen molar-refractivity contribution in [2.45, 2.75) is 17.9 Å². The summed E-state index contributed by atoms with van der Waals surface area (Å²) in [5.74, 6) is -0.0644. The molecule has 1 saturated heterocycles. The molecule has 2 aromatic carbocycles. The maximum atomic E-state index is 12.6. The minimum atomic E-state index is -3.58. The molecule has 29 heavy (non-hydrogen) atoms. The lowest BCUT2D eigenvalue weighted by atomic mass is 10.3. The predicted octanol–water partition coefficient (Wildman–Crippen LogP) is 3.42. The van der Waals surface area contributed by atoms with Crippen molar-refractivity contribution in [3.63, 3.8) is 0 Å². The number of hydrogen-bond acceptors (Lipinski definition) is 5. The van der Waals surface area contributed by atoms with Gasteiger partial charge in [-0.25, -0.2) is 8.42 Å². The van der Waals surface area contributed by atoms with Crippen molar-refractivity contribution >= 4 is 44.8 Å². The first-order valence-corrected chi connectivity index (χ1v) is 11.1. The minimum Gasteiger partial charge on any atom is -0.479 e. The standard InChI is InChI=1S/C19H20Cl2N2O5S/c1-13(28-18-7-2-14(20)12-17(18)21)19(24)22-15-3-5-16(6-4-15)29(25,26)23-8-10-27-11-9-23/h2-7,12-13H,8-11H2,1H3,(H,22,24)/t13-/m1/s1. The summed E-state index contributed by atoms with van der Waals surface area (Å²) in [5, 5.41) is 3.45. The summed E-state index contributed by atoms with van der Waals surface area (Å²) in [7, 11) is -3.58. The number of nitrogens with zero attached hydrogens (tertiary/aromatic N) is 1. The van der Waals surface area contributed by atoms with Gasteiger partial charge in [-0.2, -0.15) is 4.31 Å². The smallest absolute Gasteiger partial charge is 0.265 e. The van der Waals surface area contributed by atoms with Crippen molar-refractivity contribution in [3.8, 4) is 5.75 Å². The highest BCUT2D eigenvalue weighted by atomic mass is 35.5. The third-order valence-corrected chi connectivity index (χ3v) is 6.74. The van der Waals surface area contributed by atoms with Crippen molar-refractivity contribution in [2.75, 3.05) is 31.6 Å². The molecule has 0 radical (unpaired) electrons. The highest BCUT2D eigenvalue weighted by Gasteiger charge is 2.26. The highest BCUT2D eigenvalue weighted by molar-refractivity contribution is 7.89. The minimum absolute atomic E-state index is 0.162. The van der Waals surface area contributed by atoms with Crippen LogP contribution in [-0.4, -0.2) is 51.0 Å². The first-order chi connectivity index (χ1) is 13.8. The normalized spacial score (nSPS) is 16.2. The third-order valence-electron chi connectivity index (χ3n) is 4.30. The van der Waals surface area contributed by atoms with Gasteiger partial charge in [0.2, 0.25) is 10.0 Å². The second-order valence-corrected chi connectivity index (χ2v) is 9.15. The van der Waals surface area contributed by atoms with Crippen LogP contribution < -0.4 is 10.1 Å². The first-order valence-electron chi connectivity index (χ1n) is 8.88. The molecule has 0 saturated carbocycles. The maximum Gasteiger partial charge on any atom is 0.265 e. The van der Waals surface area contributed by atoms with Gasteiger partial charge in [-0.1, -0.05) is 23.2 Å². The van der Waals surface area contributed by atoms with Gasteiger partial charge in [0.25, 0.3) is 5.91 Å². The topological polar surface area (TPSA) is 84.9 Å². The molecule has 1 heterocycles. The van der Waals surface area contributed by atoms with Gasteiger partial charge in [0.15, 0.2) is 6.10 Å². The van der Waals surface area contributed by atoms with Gasteiger partial charge < -0.3 is 14.8 Å². The summed E-state index contributed by atoms with van der Waals surface area (Å²) in [5.41, 5.74) is 0.452. The van der Waals surface area contributed by atoms with Crippen molar-refractivity contribution in [1.82, 2.24) is 4.31 Å². The van der Waals surface area contributed by atoms with E-state index in [-0.39, 0.29) is 4.90 Å². The number of rotatable bonds is 6. The molecule has 1 amide bonds. The number of carbonyl (C=O) groups is 1. The average molecular weight is 459 g/mol. The number of carbonyl (C=O) groups excluding carboxylic acids is 1. The molecule has 156 valence electrons. The van der Waals surface area contributed by atoms with Crippen LogP contribution in [0.3, 0.4) is 0 Å². The van der Waals surface area contributed by atoms with Crippen LogP contribution in [0.1, 0.15) is 6.92 Å². The second kappa shape index (κ2) is 9.32. The Kier molecular flexibility index (Phi) is 7.02. The zero-order chi connectivity index (χ0) is 21.0. The second-order valence-electron chi connectivity index (χ2n) is 6.36. The van der Waals surface area contributed by atoms with Crippen LogP contribution in [0.2, 0.25) is 10.0 Å². The summed E-state index contributed by atoms with van der Waals surface area (Å²) in [4.78, 5) is 12.5. The highest BCUT2D eigenvalue weighted by Crippen LogP contribution is 2.28. The summed E-state index contributed by atoms with van der Waals surface area (Å²) in [6.07, 6.45) is -0.828. The van der Waals surface area contributed by atoms with E-state index in [1.165, 1.54) is 34.6 Å². The van der Waals surface area contributed by atoms with Crippen LogP contribution in [0, 0.1) is 0 Å². The number of sulfonamides is 1. The van der Waals surface area contributed by atoms with Gasteiger partial charge in [-0.3, -0.25) is 4.79 Å². The Morgan fingerprint density at radius 2 is 1.79 bits per heavy atom. The van der Waals surface area contributed by atoms with Crippen LogP contribution in [0.15, 0.2) is 47.4 Å². The summed E-state index contributed by atoms with van der Waals surface area (Å²) < 4.78 is 37.4. The monoisotopic (exact) mass is 458 g/mol. The Labute approximate surface area is 179 Å². The number of benzene rings is 2. The van der Waals surface area contributed by atoms with Gasteiger partial charge in [-0.15, -0.1) is 0 Å². The van der Waals surface area contributed by atoms with Gasteiger partial charge in [0, 0.05) is 23.8 Å². The molecule has 10 heteroatoms. The molecular weight excluding hydrogens is 439 g/mol. The lowest BCUT2D eigenvalue weighted by Crippen LogP contribution is -2.40. The SMILES string of the molecule is C[C@@H](Oc1ccc(Cl)cc1Cl)C(=O)Nc1ccc(S(=O)(=O)N2CCOCC2)cc1. The van der Waals surface area contributed by atoms with Crippen molar-refractivity contribution < 1.29 is 22.7 Å². The van der Waals surface area contributed by atoms with Crippen molar-refractivity contribution in [2.24, 2.45) is 0 Å². The van der Waals surface area contributed by atoms with E-state index in [4.69, 9.17) is 32.7 Å². The van der Waals surface area contributed by atoms with E-state index in [1.807, 2.05) is 0 Å². The summed E-state index contributed by atoms with van der Waals surface area (Å²) >= 11 is 11.9. The molecule has 1 aliphatic heterocycles. The maximum absolute atomic E-state index is 12.6. The molecule has 0 spiro atoms. The summed E-state index contributed by atoms with van der Waals surface area (Å²) in [6, 6.07) is 10.7. The third kappa shape index (κ3) is 5.40. The number of anilines is 1. The molecule has 1 aliphatic rings. The Balaban J connectivity index is 1.63. The first kappa shape index (κ1) is 21.9. The van der Waals surface area contributed by atoms with Gasteiger partial charge in [0.1, 0.15) is 5.75 Å². The van der Waals surface area contributed by atoms with Crippen LogP contribution in [0.5, 0.6) is 5.75 Å². The van der Waals surface area contributed by atoms with E-state index >= 15 is 0 Å². The molecule has 0 aliphatic carbocycles. The van der Waals surface area contributed by atoms with Crippen molar-refractivity contribution in [3.05, 3.63) is 52.5 Å². The zero-order valence-electron chi connectivity index (χ0n) is 15.6. The quantitative estimate of drug-likeness (QED) is 0.716. The fourth-order valence-corrected chi connectivity index (χ4v) is 4.57. The van der Waals surface area contributed by atoms with E-state index in [0.717, 1.165) is 0 Å². The van der Waals surface area contributed by atoms with E-state index in [9.17, 15) is 13.2 Å². The van der Waals surface area contributed by atoms with Gasteiger partial charge in [-0.05, 0) is 49.4 Å². The molecule has 0 bridgehead atoms. The molecule has 1 N–H and O–H groups in total. The number of hydrogen-bond donors (Lipinski definition) is 1. The van der Waals surface area contributed by atoms with Crippen LogP contribution >= 0.6 is 23.2 Å². The zero-order valence-corrected chi connectivity index (χ0v) is 17.9. The molecule has 0 unspecified atom stereocenters. The number of halogens is 2. The fourth-order valence-electron chi connectivity index (χ4n) is 2.70. The molecule has 7 nitrogen and oxygen atoms in total. The molecule has 1 fully saturated rings.